The molecule has 0 amide bonds. The lowest BCUT2D eigenvalue weighted by atomic mass is 10.0. The van der Waals surface area contributed by atoms with Gasteiger partial charge in [0.1, 0.15) is 11.0 Å². The van der Waals surface area contributed by atoms with Gasteiger partial charge in [-0.2, -0.15) is 4.57 Å². The zero-order valence-corrected chi connectivity index (χ0v) is 14.7. The van der Waals surface area contributed by atoms with Gasteiger partial charge >= 0.3 is 0 Å². The van der Waals surface area contributed by atoms with Gasteiger partial charge in [-0.05, 0) is 48.2 Å². The highest BCUT2D eigenvalue weighted by atomic mass is 15.1. The number of aryl methyl sites for hydroxylation is 2. The smallest absolute Gasteiger partial charge is 0.237 e. The quantitative estimate of drug-likeness (QED) is 0.458. The van der Waals surface area contributed by atoms with Crippen molar-refractivity contribution < 1.29 is 4.57 Å². The molecule has 2 heteroatoms. The summed E-state index contributed by atoms with van der Waals surface area (Å²) in [5.41, 5.74) is 5.23. The number of para-hydroxylation sites is 2. The lowest BCUT2D eigenvalue weighted by Crippen LogP contribution is -2.33. The summed E-state index contributed by atoms with van der Waals surface area (Å²) in [6.45, 7) is 6.69. The molecule has 0 atom stereocenters. The van der Waals surface area contributed by atoms with Gasteiger partial charge in [0.05, 0.1) is 13.2 Å². The molecule has 0 fully saturated rings. The molecular formula is C22H23N2+. The van der Waals surface area contributed by atoms with Gasteiger partial charge in [-0.3, -0.25) is 0 Å². The maximum atomic E-state index is 2.41. The Morgan fingerprint density at radius 3 is 2.46 bits per heavy atom. The van der Waals surface area contributed by atoms with E-state index in [1.165, 1.54) is 38.8 Å². The second kappa shape index (κ2) is 5.48. The third-order valence-electron chi connectivity index (χ3n) is 4.94. The number of benzene rings is 2. The average molecular weight is 315 g/mol. The highest BCUT2D eigenvalue weighted by Gasteiger charge is 2.22. The van der Waals surface area contributed by atoms with Gasteiger partial charge in [0, 0.05) is 16.8 Å². The van der Waals surface area contributed by atoms with Crippen molar-refractivity contribution in [3.8, 4) is 5.82 Å². The van der Waals surface area contributed by atoms with Crippen LogP contribution in [0, 0.1) is 6.92 Å². The Hall–Kier alpha value is -2.61. The zero-order chi connectivity index (χ0) is 16.8. The van der Waals surface area contributed by atoms with Crippen LogP contribution in [0.1, 0.15) is 30.9 Å². The molecule has 4 rings (SSSR count). The van der Waals surface area contributed by atoms with Crippen LogP contribution in [0.25, 0.3) is 27.6 Å². The molecule has 2 aromatic carbocycles. The Morgan fingerprint density at radius 2 is 1.67 bits per heavy atom. The van der Waals surface area contributed by atoms with Crippen molar-refractivity contribution >= 4 is 21.8 Å². The van der Waals surface area contributed by atoms with E-state index in [1.54, 1.807) is 0 Å². The number of rotatable bonds is 2. The highest BCUT2D eigenvalue weighted by molar-refractivity contribution is 6.09. The maximum Gasteiger partial charge on any atom is 0.286 e. The van der Waals surface area contributed by atoms with Gasteiger partial charge in [-0.15, -0.1) is 0 Å². The van der Waals surface area contributed by atoms with Gasteiger partial charge in [0.25, 0.3) is 5.82 Å². The van der Waals surface area contributed by atoms with Crippen LogP contribution >= 0.6 is 0 Å². The minimum atomic E-state index is 0.513. The number of hydrogen-bond acceptors (Lipinski definition) is 0. The molecule has 24 heavy (non-hydrogen) atoms. The van der Waals surface area contributed by atoms with Gasteiger partial charge in [-0.1, -0.05) is 38.1 Å². The van der Waals surface area contributed by atoms with Crippen LogP contribution in [-0.4, -0.2) is 4.57 Å². The SMILES string of the molecule is Cc1cccc2c3ccccc3n(-c3cc(C(C)C)cc[n+]3C)c12. The van der Waals surface area contributed by atoms with Crippen LogP contribution in [0.3, 0.4) is 0 Å². The van der Waals surface area contributed by atoms with Crippen molar-refractivity contribution in [2.75, 3.05) is 0 Å². The van der Waals surface area contributed by atoms with Crippen molar-refractivity contribution in [3.05, 3.63) is 71.9 Å². The summed E-state index contributed by atoms with van der Waals surface area (Å²) in [4.78, 5) is 0. The monoisotopic (exact) mass is 315 g/mol. The first-order valence-electron chi connectivity index (χ1n) is 8.56. The van der Waals surface area contributed by atoms with Crippen molar-refractivity contribution in [1.82, 2.24) is 4.57 Å². The fraction of sp³-hybridized carbons (Fsp3) is 0.227. The Balaban J connectivity index is 2.19. The maximum absolute atomic E-state index is 2.41. The molecule has 2 nitrogen and oxygen atoms in total. The highest BCUT2D eigenvalue weighted by Crippen LogP contribution is 2.33. The van der Waals surface area contributed by atoms with Crippen molar-refractivity contribution in [1.29, 1.82) is 0 Å². The number of aromatic nitrogens is 2. The Labute approximate surface area is 143 Å². The van der Waals surface area contributed by atoms with Gasteiger partial charge < -0.3 is 0 Å². The molecule has 2 aromatic heterocycles. The van der Waals surface area contributed by atoms with Crippen LogP contribution in [0.5, 0.6) is 0 Å². The number of fused-ring (bicyclic) bond motifs is 3. The molecular weight excluding hydrogens is 292 g/mol. The van der Waals surface area contributed by atoms with E-state index >= 15 is 0 Å². The lowest BCUT2D eigenvalue weighted by molar-refractivity contribution is -0.665. The first-order valence-corrected chi connectivity index (χ1v) is 8.56. The van der Waals surface area contributed by atoms with Crippen LogP contribution in [0.2, 0.25) is 0 Å². The Kier molecular flexibility index (Phi) is 3.42. The summed E-state index contributed by atoms with van der Waals surface area (Å²) < 4.78 is 4.62. The predicted octanol–water partition coefficient (Wildman–Crippen LogP) is 5.04. The number of pyridine rings is 1. The van der Waals surface area contributed by atoms with E-state index in [1.807, 2.05) is 0 Å². The van der Waals surface area contributed by atoms with Gasteiger partial charge in [0.15, 0.2) is 0 Å². The predicted molar refractivity (Wildman–Crippen MR) is 101 cm³/mol. The van der Waals surface area contributed by atoms with E-state index in [0.717, 1.165) is 0 Å². The van der Waals surface area contributed by atoms with E-state index < -0.39 is 0 Å². The average Bonchev–Trinajstić information content (AvgIpc) is 2.91. The van der Waals surface area contributed by atoms with Crippen LogP contribution in [0.4, 0.5) is 0 Å². The molecule has 0 aliphatic rings. The first kappa shape index (κ1) is 14.9. The van der Waals surface area contributed by atoms with E-state index in [4.69, 9.17) is 0 Å². The molecule has 2 heterocycles. The molecule has 0 bridgehead atoms. The molecule has 0 aliphatic heterocycles. The standard InChI is InChI=1S/C22H23N2/c1-15(2)17-12-13-23(4)21(14-17)24-20-11-6-5-9-18(20)19-10-7-8-16(3)22(19)24/h5-15H,1-4H3/q+1. The zero-order valence-electron chi connectivity index (χ0n) is 14.7. The van der Waals surface area contributed by atoms with Crippen LogP contribution in [-0.2, 0) is 7.05 Å². The molecule has 0 aliphatic carbocycles. The topological polar surface area (TPSA) is 8.81 Å². The molecule has 120 valence electrons. The minimum Gasteiger partial charge on any atom is -0.237 e. The van der Waals surface area contributed by atoms with E-state index in [-0.39, 0.29) is 0 Å². The molecule has 0 saturated heterocycles. The van der Waals surface area contributed by atoms with Crippen molar-refractivity contribution in [3.63, 3.8) is 0 Å². The summed E-state index contributed by atoms with van der Waals surface area (Å²) in [7, 11) is 2.12. The second-order valence-electron chi connectivity index (χ2n) is 6.91. The first-order chi connectivity index (χ1) is 11.6. The fourth-order valence-corrected chi connectivity index (χ4v) is 3.58. The summed E-state index contributed by atoms with van der Waals surface area (Å²) >= 11 is 0. The normalized spacial score (nSPS) is 11.7. The molecule has 0 unspecified atom stereocenters. The summed E-state index contributed by atoms with van der Waals surface area (Å²) in [6, 6.07) is 19.8. The summed E-state index contributed by atoms with van der Waals surface area (Å²) in [5.74, 6) is 1.72. The van der Waals surface area contributed by atoms with Crippen molar-refractivity contribution in [2.24, 2.45) is 7.05 Å². The fourth-order valence-electron chi connectivity index (χ4n) is 3.58. The molecule has 0 N–H and O–H groups in total. The van der Waals surface area contributed by atoms with Crippen LogP contribution < -0.4 is 4.57 Å². The minimum absolute atomic E-state index is 0.513. The van der Waals surface area contributed by atoms with Crippen LogP contribution in [0.15, 0.2) is 60.8 Å². The van der Waals surface area contributed by atoms with E-state index in [9.17, 15) is 0 Å². The Bertz CT molecular complexity index is 1050. The van der Waals surface area contributed by atoms with E-state index in [2.05, 4.69) is 97.7 Å². The number of nitrogens with zero attached hydrogens (tertiary/aromatic N) is 2. The second-order valence-corrected chi connectivity index (χ2v) is 6.91. The summed E-state index contributed by atoms with van der Waals surface area (Å²) in [5, 5.41) is 2.63. The molecule has 0 spiro atoms. The summed E-state index contributed by atoms with van der Waals surface area (Å²) in [6.07, 6.45) is 2.17. The van der Waals surface area contributed by atoms with Crippen molar-refractivity contribution in [2.45, 2.75) is 26.7 Å². The number of hydrogen-bond donors (Lipinski definition) is 0. The molecule has 0 saturated carbocycles. The molecule has 0 radical (unpaired) electrons. The van der Waals surface area contributed by atoms with Gasteiger partial charge in [0.2, 0.25) is 0 Å². The molecule has 4 aromatic rings. The third kappa shape index (κ3) is 2.14. The van der Waals surface area contributed by atoms with Gasteiger partial charge in [-0.25, -0.2) is 4.57 Å². The Morgan fingerprint density at radius 1 is 0.917 bits per heavy atom. The largest absolute Gasteiger partial charge is 0.286 e. The third-order valence-corrected chi connectivity index (χ3v) is 4.94. The van der Waals surface area contributed by atoms with E-state index in [0.29, 0.717) is 5.92 Å². The lowest BCUT2D eigenvalue weighted by Gasteiger charge is -2.09.